The normalized spacial score (nSPS) is 14.5. The minimum absolute atomic E-state index is 0.364. The zero-order chi connectivity index (χ0) is 25.8. The Hall–Kier alpha value is -2.92. The summed E-state index contributed by atoms with van der Waals surface area (Å²) in [4.78, 5) is 6.42. The first-order valence-electron chi connectivity index (χ1n) is 13.1. The van der Waals surface area contributed by atoms with Crippen molar-refractivity contribution in [2.75, 3.05) is 7.11 Å². The second kappa shape index (κ2) is 11.4. The quantitative estimate of drug-likeness (QED) is 0.277. The van der Waals surface area contributed by atoms with Gasteiger partial charge >= 0.3 is 0 Å². The Morgan fingerprint density at radius 3 is 2.39 bits per heavy atom. The van der Waals surface area contributed by atoms with E-state index < -0.39 is 0 Å². The van der Waals surface area contributed by atoms with Crippen molar-refractivity contribution in [3.8, 4) is 22.8 Å². The molecule has 0 amide bonds. The van der Waals surface area contributed by atoms with Gasteiger partial charge in [0.25, 0.3) is 0 Å². The molecule has 192 valence electrons. The number of hydrogen-bond donors (Lipinski definition) is 0. The summed E-state index contributed by atoms with van der Waals surface area (Å²) in [5, 5.41) is 0. The average molecular weight is 491 g/mol. The van der Waals surface area contributed by atoms with Crippen LogP contribution in [-0.4, -0.2) is 29.1 Å². The van der Waals surface area contributed by atoms with Crippen LogP contribution in [0, 0.1) is 11.7 Å². The van der Waals surface area contributed by atoms with Crippen LogP contribution in [0.1, 0.15) is 70.1 Å². The monoisotopic (exact) mass is 490 g/mol. The third-order valence-corrected chi connectivity index (χ3v) is 7.34. The van der Waals surface area contributed by atoms with E-state index in [4.69, 9.17) is 9.47 Å². The number of benzene rings is 2. The van der Waals surface area contributed by atoms with Crippen LogP contribution in [0.3, 0.4) is 0 Å². The maximum absolute atomic E-state index is 14.7. The number of methoxy groups -OCH3 is 1. The third-order valence-electron chi connectivity index (χ3n) is 7.34. The van der Waals surface area contributed by atoms with Crippen molar-refractivity contribution in [1.29, 1.82) is 0 Å². The van der Waals surface area contributed by atoms with Crippen molar-refractivity contribution < 1.29 is 13.9 Å². The van der Waals surface area contributed by atoms with Gasteiger partial charge in [-0.2, -0.15) is 0 Å². The summed E-state index contributed by atoms with van der Waals surface area (Å²) in [5.74, 6) is 2.30. The van der Waals surface area contributed by atoms with E-state index in [1.165, 1.54) is 24.6 Å². The molecule has 0 aliphatic heterocycles. The topological polar surface area (TPSA) is 34.6 Å². The van der Waals surface area contributed by atoms with Crippen molar-refractivity contribution in [3.05, 3.63) is 77.2 Å². The fraction of sp³-hybridized carbons (Fsp3) is 0.452. The summed E-state index contributed by atoms with van der Waals surface area (Å²) in [6.07, 6.45) is 3.87. The molecule has 1 aliphatic rings. The third kappa shape index (κ3) is 6.25. The Kier molecular flexibility index (Phi) is 8.30. The van der Waals surface area contributed by atoms with Gasteiger partial charge in [0.1, 0.15) is 18.2 Å². The van der Waals surface area contributed by atoms with Crippen LogP contribution in [0.4, 0.5) is 4.39 Å². The number of nitrogens with zero attached hydrogens (tertiary/aromatic N) is 2. The Balaban J connectivity index is 1.63. The summed E-state index contributed by atoms with van der Waals surface area (Å²) < 4.78 is 26.3. The van der Waals surface area contributed by atoms with Crippen LogP contribution in [0.15, 0.2) is 54.7 Å². The first kappa shape index (κ1) is 26.2. The molecule has 0 N–H and O–H groups in total. The minimum atomic E-state index is -0.364. The maximum Gasteiger partial charge on any atom is 0.213 e. The molecular formula is C31H39FN2O2. The highest BCUT2D eigenvalue weighted by molar-refractivity contribution is 5.66. The number of ether oxygens (including phenoxy) is 2. The van der Waals surface area contributed by atoms with Gasteiger partial charge in [0.05, 0.1) is 13.3 Å². The molecule has 1 aromatic heterocycles. The Bertz CT molecular complexity index is 1160. The summed E-state index contributed by atoms with van der Waals surface area (Å²) in [7, 11) is 1.54. The van der Waals surface area contributed by atoms with Crippen molar-refractivity contribution in [1.82, 2.24) is 9.88 Å². The lowest BCUT2D eigenvalue weighted by Crippen LogP contribution is -2.36. The van der Waals surface area contributed by atoms with E-state index in [2.05, 4.69) is 74.8 Å². The van der Waals surface area contributed by atoms with Gasteiger partial charge in [-0.15, -0.1) is 0 Å². The molecule has 0 saturated heterocycles. The van der Waals surface area contributed by atoms with Gasteiger partial charge in [0, 0.05) is 30.3 Å². The van der Waals surface area contributed by atoms with Crippen molar-refractivity contribution in [3.63, 3.8) is 0 Å². The summed E-state index contributed by atoms with van der Waals surface area (Å²) in [6.45, 7) is 12.4. The summed E-state index contributed by atoms with van der Waals surface area (Å²) >= 11 is 0. The Morgan fingerprint density at radius 2 is 1.72 bits per heavy atom. The van der Waals surface area contributed by atoms with Crippen LogP contribution in [0.5, 0.6) is 11.6 Å². The van der Waals surface area contributed by atoms with Crippen LogP contribution in [0.25, 0.3) is 11.1 Å². The maximum atomic E-state index is 14.7. The standard InChI is InChI=1S/C31H39FN2O2/c1-20(2)34(21(3)4)18-27-14-25(29-16-31(35-6)33-17-30(29)32)12-13-26(27)19-36-28-9-7-8-24(15-28)22(5)23-10-11-23/h7-9,12-17,20-23H,10-11,18-19H2,1-6H3. The van der Waals surface area contributed by atoms with Crippen LogP contribution in [0.2, 0.25) is 0 Å². The molecule has 1 saturated carbocycles. The van der Waals surface area contributed by atoms with Gasteiger partial charge in [0.15, 0.2) is 0 Å². The van der Waals surface area contributed by atoms with Gasteiger partial charge in [-0.25, -0.2) is 9.37 Å². The molecule has 3 aromatic rings. The lowest BCUT2D eigenvalue weighted by atomic mass is 9.96. The van der Waals surface area contributed by atoms with E-state index in [1.807, 2.05) is 12.1 Å². The average Bonchev–Trinajstić information content (AvgIpc) is 3.71. The van der Waals surface area contributed by atoms with E-state index in [0.29, 0.717) is 36.1 Å². The lowest BCUT2D eigenvalue weighted by molar-refractivity contribution is 0.164. The molecule has 1 atom stereocenters. The van der Waals surface area contributed by atoms with E-state index in [0.717, 1.165) is 34.9 Å². The first-order valence-corrected chi connectivity index (χ1v) is 13.1. The fourth-order valence-corrected chi connectivity index (χ4v) is 4.91. The number of rotatable bonds is 11. The minimum Gasteiger partial charge on any atom is -0.489 e. The van der Waals surface area contributed by atoms with E-state index >= 15 is 0 Å². The van der Waals surface area contributed by atoms with Crippen molar-refractivity contribution in [2.45, 2.75) is 78.6 Å². The van der Waals surface area contributed by atoms with Gasteiger partial charge in [0.2, 0.25) is 5.88 Å². The second-order valence-corrected chi connectivity index (χ2v) is 10.5. The SMILES string of the molecule is COc1cc(-c2ccc(COc3cccc(C(C)C4CC4)c3)c(CN(C(C)C)C(C)C)c2)c(F)cn1. The van der Waals surface area contributed by atoms with Crippen LogP contribution in [-0.2, 0) is 13.2 Å². The zero-order valence-corrected chi connectivity index (χ0v) is 22.4. The molecule has 1 fully saturated rings. The largest absolute Gasteiger partial charge is 0.489 e. The lowest BCUT2D eigenvalue weighted by Gasteiger charge is -2.31. The van der Waals surface area contributed by atoms with E-state index in [-0.39, 0.29) is 5.82 Å². The van der Waals surface area contributed by atoms with Crippen LogP contribution >= 0.6 is 0 Å². The predicted molar refractivity (Wildman–Crippen MR) is 144 cm³/mol. The van der Waals surface area contributed by atoms with Gasteiger partial charge in [-0.3, -0.25) is 4.90 Å². The highest BCUT2D eigenvalue weighted by atomic mass is 19.1. The number of hydrogen-bond acceptors (Lipinski definition) is 4. The molecule has 5 heteroatoms. The first-order chi connectivity index (χ1) is 17.3. The number of halogens is 1. The smallest absolute Gasteiger partial charge is 0.213 e. The number of pyridine rings is 1. The summed E-state index contributed by atoms with van der Waals surface area (Å²) in [6, 6.07) is 17.0. The van der Waals surface area contributed by atoms with Crippen LogP contribution < -0.4 is 9.47 Å². The molecule has 2 aromatic carbocycles. The Morgan fingerprint density at radius 1 is 0.972 bits per heavy atom. The van der Waals surface area contributed by atoms with E-state index in [1.54, 1.807) is 13.2 Å². The van der Waals surface area contributed by atoms with Gasteiger partial charge in [-0.05, 0) is 92.8 Å². The van der Waals surface area contributed by atoms with Gasteiger partial charge in [-0.1, -0.05) is 31.2 Å². The molecule has 36 heavy (non-hydrogen) atoms. The number of aromatic nitrogens is 1. The highest BCUT2D eigenvalue weighted by Gasteiger charge is 2.29. The van der Waals surface area contributed by atoms with Gasteiger partial charge < -0.3 is 9.47 Å². The molecule has 1 aliphatic carbocycles. The molecule has 1 heterocycles. The molecule has 0 bridgehead atoms. The molecule has 0 spiro atoms. The molecule has 4 rings (SSSR count). The summed E-state index contributed by atoms with van der Waals surface area (Å²) in [5.41, 5.74) is 4.87. The van der Waals surface area contributed by atoms with Crippen molar-refractivity contribution in [2.24, 2.45) is 5.92 Å². The molecule has 0 radical (unpaired) electrons. The fourth-order valence-electron chi connectivity index (χ4n) is 4.91. The molecule has 1 unspecified atom stereocenters. The van der Waals surface area contributed by atoms with E-state index in [9.17, 15) is 4.39 Å². The Labute approximate surface area is 215 Å². The predicted octanol–water partition coefficient (Wildman–Crippen LogP) is 7.61. The second-order valence-electron chi connectivity index (χ2n) is 10.5. The molecular weight excluding hydrogens is 451 g/mol. The molecule has 4 nitrogen and oxygen atoms in total. The zero-order valence-electron chi connectivity index (χ0n) is 22.4. The highest BCUT2D eigenvalue weighted by Crippen LogP contribution is 2.42. The van der Waals surface area contributed by atoms with Crippen molar-refractivity contribution >= 4 is 0 Å².